The molecule has 1 aliphatic heterocycles. The van der Waals surface area contributed by atoms with Gasteiger partial charge in [0, 0.05) is 49.8 Å². The Hall–Kier alpha value is -1.17. The van der Waals surface area contributed by atoms with Crippen LogP contribution in [-0.4, -0.2) is 65.5 Å². The summed E-state index contributed by atoms with van der Waals surface area (Å²) in [5.74, 6) is 0. The minimum absolute atomic E-state index is 0.164. The molecule has 0 spiro atoms. The van der Waals surface area contributed by atoms with Crippen LogP contribution >= 0.6 is 0 Å². The topological polar surface area (TPSA) is 59.8 Å². The van der Waals surface area contributed by atoms with Gasteiger partial charge in [0.1, 0.15) is 0 Å². The van der Waals surface area contributed by atoms with E-state index in [-0.39, 0.29) is 6.61 Å². The molecule has 2 rings (SSSR count). The van der Waals surface area contributed by atoms with Crippen LogP contribution in [0, 0.1) is 13.8 Å². The van der Waals surface area contributed by atoms with Crippen LogP contribution < -0.4 is 4.90 Å². The van der Waals surface area contributed by atoms with Crippen molar-refractivity contribution < 1.29 is 10.2 Å². The maximum atomic E-state index is 9.45. The fraction of sp³-hybridized carbons (Fsp3) is 0.643. The number of nitrogens with zero attached hydrogens (tertiary/aromatic N) is 3. The lowest BCUT2D eigenvalue weighted by Crippen LogP contribution is -2.49. The molecular weight excluding hydrogens is 242 g/mol. The lowest BCUT2D eigenvalue weighted by atomic mass is 10.2. The van der Waals surface area contributed by atoms with E-state index in [2.05, 4.69) is 26.9 Å². The number of hydrogen-bond donors (Lipinski definition) is 2. The highest BCUT2D eigenvalue weighted by Crippen LogP contribution is 2.18. The highest BCUT2D eigenvalue weighted by molar-refractivity contribution is 5.48. The number of pyridine rings is 1. The molecule has 1 saturated heterocycles. The summed E-state index contributed by atoms with van der Waals surface area (Å²) in [5.41, 5.74) is 3.33. The number of β-amino-alcohol motifs (C(OH)–C–C–N with tert-alkyl or cyclic N) is 1. The van der Waals surface area contributed by atoms with Gasteiger partial charge in [-0.2, -0.15) is 0 Å². The van der Waals surface area contributed by atoms with Crippen LogP contribution in [0.25, 0.3) is 0 Å². The van der Waals surface area contributed by atoms with Crippen LogP contribution in [-0.2, 0) is 0 Å². The zero-order valence-electron chi connectivity index (χ0n) is 11.7. The number of aryl methyl sites for hydroxylation is 2. The maximum Gasteiger partial charge on any atom is 0.0897 e. The van der Waals surface area contributed by atoms with E-state index in [1.54, 1.807) is 0 Å². The first-order chi connectivity index (χ1) is 9.08. The van der Waals surface area contributed by atoms with Gasteiger partial charge in [0.25, 0.3) is 0 Å². The first kappa shape index (κ1) is 14.2. The van der Waals surface area contributed by atoms with Crippen LogP contribution in [0.3, 0.4) is 0 Å². The van der Waals surface area contributed by atoms with E-state index in [4.69, 9.17) is 5.11 Å². The summed E-state index contributed by atoms with van der Waals surface area (Å²) in [6.45, 7) is 8.15. The Kier molecular flexibility index (Phi) is 4.74. The van der Waals surface area contributed by atoms with Crippen molar-refractivity contribution in [3.63, 3.8) is 0 Å². The predicted molar refractivity (Wildman–Crippen MR) is 75.5 cm³/mol. The Morgan fingerprint density at radius 2 is 1.74 bits per heavy atom. The lowest BCUT2D eigenvalue weighted by molar-refractivity contribution is 0.0575. The molecule has 19 heavy (non-hydrogen) atoms. The van der Waals surface area contributed by atoms with E-state index in [1.807, 2.05) is 13.8 Å². The normalized spacial score (nSPS) is 18.6. The van der Waals surface area contributed by atoms with E-state index < -0.39 is 6.10 Å². The van der Waals surface area contributed by atoms with E-state index in [0.717, 1.165) is 37.6 Å². The molecule has 1 aliphatic rings. The quantitative estimate of drug-likeness (QED) is 0.813. The number of anilines is 1. The molecule has 2 heterocycles. The smallest absolute Gasteiger partial charge is 0.0897 e. The molecule has 0 radical (unpaired) electrons. The van der Waals surface area contributed by atoms with Crippen molar-refractivity contribution in [3.8, 4) is 0 Å². The number of hydrogen-bond acceptors (Lipinski definition) is 5. The van der Waals surface area contributed by atoms with Crippen molar-refractivity contribution in [2.24, 2.45) is 0 Å². The fourth-order valence-electron chi connectivity index (χ4n) is 2.54. The standard InChI is InChI=1S/C14H23N3O2/c1-11-7-13(8-12(2)15-11)17-5-3-16(4-6-17)9-14(19)10-18/h7-8,14,18-19H,3-6,9-10H2,1-2H3. The van der Waals surface area contributed by atoms with Gasteiger partial charge < -0.3 is 15.1 Å². The molecule has 2 N–H and O–H groups in total. The molecule has 1 atom stereocenters. The van der Waals surface area contributed by atoms with Gasteiger partial charge >= 0.3 is 0 Å². The van der Waals surface area contributed by atoms with Crippen molar-refractivity contribution in [1.29, 1.82) is 0 Å². The molecule has 1 aromatic rings. The number of piperazine rings is 1. The van der Waals surface area contributed by atoms with Crippen LogP contribution in [0.5, 0.6) is 0 Å². The Morgan fingerprint density at radius 3 is 2.26 bits per heavy atom. The molecule has 106 valence electrons. The second-order valence-corrected chi connectivity index (χ2v) is 5.23. The van der Waals surface area contributed by atoms with Crippen molar-refractivity contribution in [2.75, 3.05) is 44.2 Å². The zero-order valence-corrected chi connectivity index (χ0v) is 11.7. The summed E-state index contributed by atoms with van der Waals surface area (Å²) in [7, 11) is 0. The largest absolute Gasteiger partial charge is 0.394 e. The van der Waals surface area contributed by atoms with E-state index in [9.17, 15) is 5.11 Å². The first-order valence-electron chi connectivity index (χ1n) is 6.80. The third-order valence-corrected chi connectivity index (χ3v) is 3.48. The molecule has 0 aromatic carbocycles. The summed E-state index contributed by atoms with van der Waals surface area (Å²) < 4.78 is 0. The molecule has 1 fully saturated rings. The summed E-state index contributed by atoms with van der Waals surface area (Å²) in [6, 6.07) is 4.23. The number of aliphatic hydroxyl groups is 2. The number of rotatable bonds is 4. The summed E-state index contributed by atoms with van der Waals surface area (Å²) in [5, 5.41) is 18.3. The third-order valence-electron chi connectivity index (χ3n) is 3.48. The Balaban J connectivity index is 1.92. The summed E-state index contributed by atoms with van der Waals surface area (Å²) >= 11 is 0. The minimum atomic E-state index is -0.628. The average Bonchev–Trinajstić information content (AvgIpc) is 2.38. The van der Waals surface area contributed by atoms with Gasteiger partial charge in [-0.05, 0) is 26.0 Å². The third kappa shape index (κ3) is 3.89. The second kappa shape index (κ2) is 6.32. The van der Waals surface area contributed by atoms with Gasteiger partial charge in [-0.25, -0.2) is 0 Å². The fourth-order valence-corrected chi connectivity index (χ4v) is 2.54. The Bertz CT molecular complexity index is 397. The molecule has 0 saturated carbocycles. The maximum absolute atomic E-state index is 9.45. The van der Waals surface area contributed by atoms with Gasteiger partial charge in [0.15, 0.2) is 0 Å². The van der Waals surface area contributed by atoms with Crippen LogP contribution in [0.15, 0.2) is 12.1 Å². The van der Waals surface area contributed by atoms with Crippen molar-refractivity contribution in [1.82, 2.24) is 9.88 Å². The molecule has 5 nitrogen and oxygen atoms in total. The highest BCUT2D eigenvalue weighted by atomic mass is 16.3. The molecule has 0 aliphatic carbocycles. The van der Waals surface area contributed by atoms with E-state index in [1.165, 1.54) is 5.69 Å². The average molecular weight is 265 g/mol. The monoisotopic (exact) mass is 265 g/mol. The van der Waals surface area contributed by atoms with Gasteiger partial charge in [-0.15, -0.1) is 0 Å². The minimum Gasteiger partial charge on any atom is -0.394 e. The van der Waals surface area contributed by atoms with Gasteiger partial charge in [0.2, 0.25) is 0 Å². The zero-order chi connectivity index (χ0) is 13.8. The molecule has 1 aromatic heterocycles. The van der Waals surface area contributed by atoms with Crippen LogP contribution in [0.4, 0.5) is 5.69 Å². The highest BCUT2D eigenvalue weighted by Gasteiger charge is 2.19. The SMILES string of the molecule is Cc1cc(N2CCN(CC(O)CO)CC2)cc(C)n1. The summed E-state index contributed by atoms with van der Waals surface area (Å²) in [6.07, 6.45) is -0.628. The van der Waals surface area contributed by atoms with Gasteiger partial charge in [-0.3, -0.25) is 9.88 Å². The Labute approximate surface area is 114 Å². The van der Waals surface area contributed by atoms with E-state index in [0.29, 0.717) is 6.54 Å². The van der Waals surface area contributed by atoms with E-state index >= 15 is 0 Å². The van der Waals surface area contributed by atoms with Crippen molar-refractivity contribution in [3.05, 3.63) is 23.5 Å². The molecule has 5 heteroatoms. The van der Waals surface area contributed by atoms with Gasteiger partial charge in [-0.1, -0.05) is 0 Å². The number of aliphatic hydroxyl groups excluding tert-OH is 2. The van der Waals surface area contributed by atoms with Gasteiger partial charge in [0.05, 0.1) is 12.7 Å². The molecule has 1 unspecified atom stereocenters. The van der Waals surface area contributed by atoms with Crippen LogP contribution in [0.2, 0.25) is 0 Å². The lowest BCUT2D eigenvalue weighted by Gasteiger charge is -2.36. The summed E-state index contributed by atoms with van der Waals surface area (Å²) in [4.78, 5) is 8.94. The van der Waals surface area contributed by atoms with Crippen molar-refractivity contribution in [2.45, 2.75) is 20.0 Å². The molecule has 0 amide bonds. The Morgan fingerprint density at radius 1 is 1.16 bits per heavy atom. The van der Waals surface area contributed by atoms with Crippen LogP contribution in [0.1, 0.15) is 11.4 Å². The molecule has 0 bridgehead atoms. The second-order valence-electron chi connectivity index (χ2n) is 5.23. The van der Waals surface area contributed by atoms with Crippen molar-refractivity contribution >= 4 is 5.69 Å². The number of aromatic nitrogens is 1. The first-order valence-corrected chi connectivity index (χ1v) is 6.80. The molecular formula is C14H23N3O2. The predicted octanol–water partition coefficient (Wildman–Crippen LogP) is 0.174.